The number of esters is 4. The highest BCUT2D eigenvalue weighted by Crippen LogP contribution is 2.17. The van der Waals surface area contributed by atoms with E-state index in [2.05, 4.69) is 18.9 Å². The van der Waals surface area contributed by atoms with E-state index in [1.54, 1.807) is 0 Å². The summed E-state index contributed by atoms with van der Waals surface area (Å²) in [4.78, 5) is 45.8. The first kappa shape index (κ1) is 18.9. The lowest BCUT2D eigenvalue weighted by atomic mass is 9.96. The minimum Gasteiger partial charge on any atom is -0.468 e. The Bertz CT molecular complexity index is 322. The van der Waals surface area contributed by atoms with Gasteiger partial charge in [-0.1, -0.05) is 0 Å². The molecule has 0 N–H and O–H groups in total. The molecule has 0 aromatic heterocycles. The van der Waals surface area contributed by atoms with E-state index in [1.165, 1.54) is 6.42 Å². The zero-order chi connectivity index (χ0) is 16.4. The molecule has 119 valence electrons. The van der Waals surface area contributed by atoms with Crippen LogP contribution < -0.4 is 0 Å². The smallest absolute Gasteiger partial charge is 0.320 e. The third kappa shape index (κ3) is 5.80. The first-order valence-corrected chi connectivity index (χ1v) is 6.05. The number of ether oxygens (including phenoxy) is 4. The fraction of sp³-hybridized carbons (Fsp3) is 0.615. The van der Waals surface area contributed by atoms with Crippen LogP contribution >= 0.6 is 0 Å². The van der Waals surface area contributed by atoms with Gasteiger partial charge in [-0.3, -0.25) is 19.2 Å². The summed E-state index contributed by atoms with van der Waals surface area (Å²) in [5.74, 6) is -5.32. The molecule has 1 radical (unpaired) electrons. The molecule has 0 aromatic carbocycles. The molecule has 0 heterocycles. The molecule has 0 rings (SSSR count). The highest BCUT2D eigenvalue weighted by molar-refractivity contribution is 5.96. The van der Waals surface area contributed by atoms with E-state index in [0.717, 1.165) is 28.4 Å². The summed E-state index contributed by atoms with van der Waals surface area (Å²) in [5.41, 5.74) is 0. The summed E-state index contributed by atoms with van der Waals surface area (Å²) in [6.45, 7) is 0. The molecular weight excluding hydrogens is 284 g/mol. The summed E-state index contributed by atoms with van der Waals surface area (Å²) in [6, 6.07) is 0. The minimum atomic E-state index is -1.14. The maximum absolute atomic E-state index is 11.4. The zero-order valence-electron chi connectivity index (χ0n) is 12.4. The predicted molar refractivity (Wildman–Crippen MR) is 68.6 cm³/mol. The van der Waals surface area contributed by atoms with Crippen molar-refractivity contribution in [1.29, 1.82) is 0 Å². The Morgan fingerprint density at radius 2 is 0.905 bits per heavy atom. The monoisotopic (exact) mass is 303 g/mol. The van der Waals surface area contributed by atoms with Crippen molar-refractivity contribution < 1.29 is 38.1 Å². The van der Waals surface area contributed by atoms with Crippen LogP contribution in [0.25, 0.3) is 0 Å². The number of methoxy groups -OCH3 is 4. The molecule has 0 bridgehead atoms. The van der Waals surface area contributed by atoms with Gasteiger partial charge in [-0.15, -0.1) is 0 Å². The third-order valence-electron chi connectivity index (χ3n) is 2.75. The largest absolute Gasteiger partial charge is 0.468 e. The molecule has 0 aliphatic heterocycles. The van der Waals surface area contributed by atoms with Gasteiger partial charge in [0.25, 0.3) is 0 Å². The summed E-state index contributed by atoms with van der Waals surface area (Å²) >= 11 is 0. The van der Waals surface area contributed by atoms with Crippen molar-refractivity contribution in [2.24, 2.45) is 11.8 Å². The maximum Gasteiger partial charge on any atom is 0.320 e. The average Bonchev–Trinajstić information content (AvgIpc) is 2.52. The standard InChI is InChI=1S/C13H19O8/c1-18-10(14)8(11(15)19-2)6-5-7-9(12(16)20-3)13(17)21-4/h5,8-9H,6-7H2,1-4H3. The number of carbonyl (C=O) groups is 4. The second-order valence-electron chi connectivity index (χ2n) is 3.96. The van der Waals surface area contributed by atoms with Crippen molar-refractivity contribution in [2.45, 2.75) is 12.8 Å². The molecule has 8 heteroatoms. The second-order valence-corrected chi connectivity index (χ2v) is 3.96. The highest BCUT2D eigenvalue weighted by atomic mass is 16.5. The van der Waals surface area contributed by atoms with Crippen LogP contribution in [0.3, 0.4) is 0 Å². The minimum absolute atomic E-state index is 0.0379. The summed E-state index contributed by atoms with van der Waals surface area (Å²) in [5, 5.41) is 0. The normalized spacial score (nSPS) is 10.2. The van der Waals surface area contributed by atoms with Crippen LogP contribution in [-0.2, 0) is 38.1 Å². The van der Waals surface area contributed by atoms with Gasteiger partial charge < -0.3 is 18.9 Å². The van der Waals surface area contributed by atoms with Gasteiger partial charge in [0.05, 0.1) is 28.4 Å². The highest BCUT2D eigenvalue weighted by Gasteiger charge is 2.32. The molecule has 0 amide bonds. The number of carbonyl (C=O) groups excluding carboxylic acids is 4. The first-order chi connectivity index (χ1) is 9.92. The molecular formula is C13H19O8. The lowest BCUT2D eigenvalue weighted by Crippen LogP contribution is -2.29. The average molecular weight is 303 g/mol. The van der Waals surface area contributed by atoms with Crippen LogP contribution in [0.2, 0.25) is 0 Å². The second kappa shape index (κ2) is 9.73. The number of hydrogen-bond acceptors (Lipinski definition) is 8. The van der Waals surface area contributed by atoms with E-state index in [1.807, 2.05) is 0 Å². The molecule has 0 saturated carbocycles. The van der Waals surface area contributed by atoms with Crippen molar-refractivity contribution in [3.63, 3.8) is 0 Å². The van der Waals surface area contributed by atoms with Gasteiger partial charge in [-0.2, -0.15) is 0 Å². The van der Waals surface area contributed by atoms with Crippen LogP contribution in [0, 0.1) is 18.3 Å². The van der Waals surface area contributed by atoms with Gasteiger partial charge in [-0.25, -0.2) is 0 Å². The molecule has 0 fully saturated rings. The van der Waals surface area contributed by atoms with E-state index < -0.39 is 35.7 Å². The van der Waals surface area contributed by atoms with Gasteiger partial charge in [-0.05, 0) is 19.3 Å². The van der Waals surface area contributed by atoms with Crippen LogP contribution in [0.15, 0.2) is 0 Å². The molecule has 8 nitrogen and oxygen atoms in total. The van der Waals surface area contributed by atoms with Gasteiger partial charge in [0.15, 0.2) is 11.8 Å². The Balaban J connectivity index is 4.65. The lowest BCUT2D eigenvalue weighted by molar-refractivity contribution is -0.159. The van der Waals surface area contributed by atoms with Crippen molar-refractivity contribution in [3.8, 4) is 0 Å². The van der Waals surface area contributed by atoms with Crippen molar-refractivity contribution >= 4 is 23.9 Å². The Kier molecular flexibility index (Phi) is 8.75. The molecule has 0 unspecified atom stereocenters. The van der Waals surface area contributed by atoms with Gasteiger partial charge in [0.1, 0.15) is 0 Å². The Labute approximate surface area is 122 Å². The van der Waals surface area contributed by atoms with E-state index in [9.17, 15) is 19.2 Å². The van der Waals surface area contributed by atoms with Crippen molar-refractivity contribution in [3.05, 3.63) is 6.42 Å². The number of rotatable bonds is 8. The Morgan fingerprint density at radius 3 is 1.10 bits per heavy atom. The maximum atomic E-state index is 11.4. The third-order valence-corrected chi connectivity index (χ3v) is 2.75. The van der Waals surface area contributed by atoms with Gasteiger partial charge in [0.2, 0.25) is 0 Å². The van der Waals surface area contributed by atoms with Crippen LogP contribution in [0.1, 0.15) is 12.8 Å². The van der Waals surface area contributed by atoms with Crippen LogP contribution in [0.4, 0.5) is 0 Å². The molecule has 0 spiro atoms. The predicted octanol–water partition coefficient (Wildman–Crippen LogP) is -0.105. The lowest BCUT2D eigenvalue weighted by Gasteiger charge is -2.14. The van der Waals surface area contributed by atoms with Gasteiger partial charge >= 0.3 is 23.9 Å². The van der Waals surface area contributed by atoms with Crippen LogP contribution in [-0.4, -0.2) is 52.3 Å². The summed E-state index contributed by atoms with van der Waals surface area (Å²) in [6.07, 6.45) is 1.37. The quantitative estimate of drug-likeness (QED) is 0.347. The molecule has 0 aliphatic rings. The summed E-state index contributed by atoms with van der Waals surface area (Å²) < 4.78 is 17.9. The van der Waals surface area contributed by atoms with Crippen molar-refractivity contribution in [1.82, 2.24) is 0 Å². The topological polar surface area (TPSA) is 105 Å². The van der Waals surface area contributed by atoms with E-state index in [-0.39, 0.29) is 12.8 Å². The van der Waals surface area contributed by atoms with Crippen molar-refractivity contribution in [2.75, 3.05) is 28.4 Å². The molecule has 0 aliphatic carbocycles. The van der Waals surface area contributed by atoms with E-state index in [0.29, 0.717) is 0 Å². The Morgan fingerprint density at radius 1 is 0.667 bits per heavy atom. The van der Waals surface area contributed by atoms with E-state index >= 15 is 0 Å². The SMILES string of the molecule is COC(=O)C(C[CH]CC(C(=O)OC)C(=O)OC)C(=O)OC. The fourth-order valence-corrected chi connectivity index (χ4v) is 1.58. The number of hydrogen-bond donors (Lipinski definition) is 0. The summed E-state index contributed by atoms with van der Waals surface area (Å²) in [7, 11) is 4.57. The molecule has 0 atom stereocenters. The van der Waals surface area contributed by atoms with E-state index in [4.69, 9.17) is 0 Å². The molecule has 21 heavy (non-hydrogen) atoms. The van der Waals surface area contributed by atoms with Crippen LogP contribution in [0.5, 0.6) is 0 Å². The zero-order valence-corrected chi connectivity index (χ0v) is 12.4. The van der Waals surface area contributed by atoms with Gasteiger partial charge in [0, 0.05) is 0 Å². The molecule has 0 saturated heterocycles. The molecule has 0 aromatic rings. The first-order valence-electron chi connectivity index (χ1n) is 6.05. The fourth-order valence-electron chi connectivity index (χ4n) is 1.58. The Hall–Kier alpha value is -2.12.